The maximum atomic E-state index is 12.2. The van der Waals surface area contributed by atoms with Crippen molar-refractivity contribution in [1.29, 1.82) is 0 Å². The Morgan fingerprint density at radius 2 is 2.19 bits per heavy atom. The summed E-state index contributed by atoms with van der Waals surface area (Å²) >= 11 is 0. The Bertz CT molecular complexity index is 655. The number of carbonyl (C=O) groups excluding carboxylic acids is 1. The van der Waals surface area contributed by atoms with E-state index >= 15 is 0 Å². The topological polar surface area (TPSA) is 77.8 Å². The van der Waals surface area contributed by atoms with Crippen LogP contribution in [0.25, 0.3) is 0 Å². The van der Waals surface area contributed by atoms with Gasteiger partial charge in [0.05, 0.1) is 12.1 Å². The third-order valence-corrected chi connectivity index (χ3v) is 5.05. The number of likely N-dealkylation sites (tertiary alicyclic amines) is 1. The summed E-state index contributed by atoms with van der Waals surface area (Å²) < 4.78 is 0. The fraction of sp³-hybridized carbons (Fsp3) is 0.545. The van der Waals surface area contributed by atoms with Gasteiger partial charge in [0.25, 0.3) is 0 Å². The van der Waals surface area contributed by atoms with Crippen LogP contribution in [0.3, 0.4) is 0 Å². The van der Waals surface area contributed by atoms with Crippen LogP contribution in [-0.2, 0) is 16.0 Å². The lowest BCUT2D eigenvalue weighted by atomic mass is 10.0. The minimum atomic E-state index is -0.773. The zero-order valence-corrected chi connectivity index (χ0v) is 16.1. The highest BCUT2D eigenvalue weighted by molar-refractivity contribution is 5.86. The fourth-order valence-corrected chi connectivity index (χ4v) is 3.57. The van der Waals surface area contributed by atoms with Crippen molar-refractivity contribution in [2.75, 3.05) is 13.1 Å². The summed E-state index contributed by atoms with van der Waals surface area (Å²) in [6, 6.07) is 8.08. The molecule has 2 atom stereocenters. The van der Waals surface area contributed by atoms with E-state index in [2.05, 4.69) is 11.0 Å². The number of aliphatic hydroxyl groups excluding tert-OH is 1. The molecule has 2 rings (SSSR count). The van der Waals surface area contributed by atoms with Gasteiger partial charge in [-0.3, -0.25) is 14.5 Å². The summed E-state index contributed by atoms with van der Waals surface area (Å²) in [5.74, 6) is -0.511. The zero-order valence-electron chi connectivity index (χ0n) is 16.1. The molecule has 1 aromatic carbocycles. The van der Waals surface area contributed by atoms with Crippen LogP contribution in [0.5, 0.6) is 0 Å². The lowest BCUT2D eigenvalue weighted by Crippen LogP contribution is -2.35. The van der Waals surface area contributed by atoms with Gasteiger partial charge in [0.1, 0.15) is 0 Å². The van der Waals surface area contributed by atoms with Crippen molar-refractivity contribution in [2.24, 2.45) is 0 Å². The van der Waals surface area contributed by atoms with Crippen LogP contribution in [0.4, 0.5) is 0 Å². The Balaban J connectivity index is 1.74. The third-order valence-electron chi connectivity index (χ3n) is 5.05. The molecule has 0 aliphatic carbocycles. The molecule has 1 heterocycles. The normalized spacial score (nSPS) is 19.0. The number of hydrogen-bond acceptors (Lipinski definition) is 4. The Morgan fingerprint density at radius 1 is 1.37 bits per heavy atom. The Kier molecular flexibility index (Phi) is 8.69. The van der Waals surface area contributed by atoms with Gasteiger partial charge < -0.3 is 10.2 Å². The minimum absolute atomic E-state index is 0.105. The second-order valence-electron chi connectivity index (χ2n) is 7.40. The summed E-state index contributed by atoms with van der Waals surface area (Å²) in [5.41, 5.74) is 2.33. The largest absolute Gasteiger partial charge is 0.481 e. The number of rotatable bonds is 11. The van der Waals surface area contributed by atoms with Gasteiger partial charge in [0, 0.05) is 25.9 Å². The highest BCUT2D eigenvalue weighted by Crippen LogP contribution is 2.19. The molecule has 1 aromatic rings. The first-order valence-corrected chi connectivity index (χ1v) is 9.83. The maximum Gasteiger partial charge on any atom is 0.303 e. The van der Waals surface area contributed by atoms with Gasteiger partial charge in [-0.2, -0.15) is 0 Å². The second kappa shape index (κ2) is 11.0. The summed E-state index contributed by atoms with van der Waals surface area (Å²) in [5, 5.41) is 19.0. The summed E-state index contributed by atoms with van der Waals surface area (Å²) in [7, 11) is 0. The lowest BCUT2D eigenvalue weighted by Gasteiger charge is -2.23. The average molecular weight is 373 g/mol. The number of aryl methyl sites for hydroxylation is 1. The number of benzene rings is 1. The van der Waals surface area contributed by atoms with Gasteiger partial charge in [-0.05, 0) is 44.6 Å². The highest BCUT2D eigenvalue weighted by Gasteiger charge is 2.31. The van der Waals surface area contributed by atoms with E-state index in [-0.39, 0.29) is 18.2 Å². The van der Waals surface area contributed by atoms with Gasteiger partial charge in [-0.25, -0.2) is 0 Å². The molecule has 0 saturated carbocycles. The molecule has 148 valence electrons. The molecular formula is C22H31NO4. The molecule has 5 nitrogen and oxygen atoms in total. The molecule has 0 radical (unpaired) electrons. The quantitative estimate of drug-likeness (QED) is 0.460. The SMILES string of the molecule is Cc1cccc(CC(O)CCN2CCC(=O)C2CC=CCCCC(=O)O)c1. The van der Waals surface area contributed by atoms with Gasteiger partial charge in [-0.15, -0.1) is 0 Å². The molecule has 0 amide bonds. The zero-order chi connectivity index (χ0) is 19.6. The molecule has 1 aliphatic heterocycles. The van der Waals surface area contributed by atoms with E-state index in [9.17, 15) is 14.7 Å². The molecule has 1 aliphatic rings. The van der Waals surface area contributed by atoms with E-state index in [4.69, 9.17) is 5.11 Å². The van der Waals surface area contributed by atoms with Gasteiger partial charge in [0.15, 0.2) is 5.78 Å². The Hall–Kier alpha value is -1.98. The van der Waals surface area contributed by atoms with Crippen molar-refractivity contribution in [3.05, 3.63) is 47.5 Å². The molecular weight excluding hydrogens is 342 g/mol. The Morgan fingerprint density at radius 3 is 2.93 bits per heavy atom. The molecule has 5 heteroatoms. The van der Waals surface area contributed by atoms with E-state index in [1.165, 1.54) is 5.56 Å². The summed E-state index contributed by atoms with van der Waals surface area (Å²) in [4.78, 5) is 24.8. The molecule has 2 unspecified atom stereocenters. The monoisotopic (exact) mass is 373 g/mol. The van der Waals surface area contributed by atoms with Crippen LogP contribution in [0, 0.1) is 6.92 Å². The minimum Gasteiger partial charge on any atom is -0.481 e. The number of unbranched alkanes of at least 4 members (excludes halogenated alkanes) is 1. The second-order valence-corrected chi connectivity index (χ2v) is 7.40. The number of carboxylic acid groups (broad SMARTS) is 1. The van der Waals surface area contributed by atoms with Crippen LogP contribution < -0.4 is 0 Å². The summed E-state index contributed by atoms with van der Waals surface area (Å²) in [6.07, 6.45) is 7.61. The maximum absolute atomic E-state index is 12.2. The van der Waals surface area contributed by atoms with Crippen LogP contribution in [0.1, 0.15) is 49.7 Å². The molecule has 0 aromatic heterocycles. The molecule has 0 spiro atoms. The fourth-order valence-electron chi connectivity index (χ4n) is 3.57. The number of carbonyl (C=O) groups is 2. The Labute approximate surface area is 161 Å². The molecule has 0 bridgehead atoms. The summed E-state index contributed by atoms with van der Waals surface area (Å²) in [6.45, 7) is 3.52. The number of allylic oxidation sites excluding steroid dienone is 1. The van der Waals surface area contributed by atoms with E-state index in [0.29, 0.717) is 32.1 Å². The number of nitrogens with zero attached hydrogens (tertiary/aromatic N) is 1. The first kappa shape index (κ1) is 21.3. The van der Waals surface area contributed by atoms with Crippen molar-refractivity contribution in [3.63, 3.8) is 0 Å². The van der Waals surface area contributed by atoms with E-state index in [1.54, 1.807) is 0 Å². The standard InChI is InChI=1S/C22H31NO4/c1-17-7-6-8-18(15-17)16-19(24)11-13-23-14-12-21(25)20(23)9-4-2-3-5-10-22(26)27/h2,4,6-8,15,19-20,24H,3,5,9-14,16H2,1H3,(H,26,27). The average Bonchev–Trinajstić information content (AvgIpc) is 2.96. The number of aliphatic carboxylic acids is 1. The molecule has 2 N–H and O–H groups in total. The predicted molar refractivity (Wildman–Crippen MR) is 106 cm³/mol. The van der Waals surface area contributed by atoms with Crippen LogP contribution in [0.15, 0.2) is 36.4 Å². The molecule has 1 fully saturated rings. The number of aliphatic hydroxyl groups is 1. The van der Waals surface area contributed by atoms with Crippen LogP contribution in [-0.4, -0.2) is 52.1 Å². The predicted octanol–water partition coefficient (Wildman–Crippen LogP) is 3.13. The first-order chi connectivity index (χ1) is 13.0. The molecule has 27 heavy (non-hydrogen) atoms. The van der Waals surface area contributed by atoms with Gasteiger partial charge in [0.2, 0.25) is 0 Å². The van der Waals surface area contributed by atoms with Crippen molar-refractivity contribution in [2.45, 2.75) is 64.0 Å². The van der Waals surface area contributed by atoms with Crippen molar-refractivity contribution >= 4 is 11.8 Å². The van der Waals surface area contributed by atoms with Crippen molar-refractivity contribution < 1.29 is 19.8 Å². The van der Waals surface area contributed by atoms with E-state index in [0.717, 1.165) is 25.1 Å². The number of ketones is 1. The first-order valence-electron chi connectivity index (χ1n) is 9.83. The molecule has 1 saturated heterocycles. The van der Waals surface area contributed by atoms with E-state index < -0.39 is 12.1 Å². The lowest BCUT2D eigenvalue weighted by molar-refractivity contribution is -0.137. The van der Waals surface area contributed by atoms with E-state index in [1.807, 2.05) is 37.3 Å². The van der Waals surface area contributed by atoms with Gasteiger partial charge in [-0.1, -0.05) is 42.0 Å². The number of hydrogen-bond donors (Lipinski definition) is 2. The van der Waals surface area contributed by atoms with Gasteiger partial charge >= 0.3 is 5.97 Å². The highest BCUT2D eigenvalue weighted by atomic mass is 16.4. The number of carboxylic acids is 1. The van der Waals surface area contributed by atoms with Crippen molar-refractivity contribution in [1.82, 2.24) is 4.90 Å². The third kappa shape index (κ3) is 7.65. The smallest absolute Gasteiger partial charge is 0.303 e. The van der Waals surface area contributed by atoms with Crippen LogP contribution >= 0.6 is 0 Å². The number of Topliss-reactive ketones (excluding diaryl/α,β-unsaturated/α-hetero) is 1. The van der Waals surface area contributed by atoms with Crippen LogP contribution in [0.2, 0.25) is 0 Å². The van der Waals surface area contributed by atoms with Crippen molar-refractivity contribution in [3.8, 4) is 0 Å².